The minimum atomic E-state index is -0.791. The minimum absolute atomic E-state index is 0.159. The number of aromatic nitrogens is 1. The summed E-state index contributed by atoms with van der Waals surface area (Å²) in [5.74, 6) is -0.355. The number of carboxylic acid groups (broad SMARTS) is 1. The van der Waals surface area contributed by atoms with Gasteiger partial charge in [-0.05, 0) is 18.6 Å². The Hall–Kier alpha value is -1.14. The molecule has 0 unspecified atom stereocenters. The predicted octanol–water partition coefficient (Wildman–Crippen LogP) is 3.39. The van der Waals surface area contributed by atoms with Gasteiger partial charge in [0.15, 0.2) is 4.34 Å². The zero-order valence-corrected chi connectivity index (χ0v) is 10.5. The summed E-state index contributed by atoms with van der Waals surface area (Å²) in [5, 5.41) is 8.49. The molecule has 17 heavy (non-hydrogen) atoms. The Morgan fingerprint density at radius 3 is 3.06 bits per heavy atom. The molecule has 0 saturated carbocycles. The molecule has 6 heteroatoms. The first kappa shape index (κ1) is 12.3. The number of aliphatic carboxylic acids is 1. The Kier molecular flexibility index (Phi) is 3.96. The molecule has 1 N–H and O–H groups in total. The van der Waals surface area contributed by atoms with E-state index in [1.807, 2.05) is 0 Å². The highest BCUT2D eigenvalue weighted by Crippen LogP contribution is 2.31. The smallest absolute Gasteiger partial charge is 0.303 e. The van der Waals surface area contributed by atoms with Crippen LogP contribution in [-0.4, -0.2) is 21.8 Å². The van der Waals surface area contributed by atoms with Crippen molar-refractivity contribution in [3.63, 3.8) is 0 Å². The van der Waals surface area contributed by atoms with E-state index in [9.17, 15) is 9.18 Å². The van der Waals surface area contributed by atoms with Crippen LogP contribution in [0.3, 0.4) is 0 Å². The fourth-order valence-electron chi connectivity index (χ4n) is 1.34. The van der Waals surface area contributed by atoms with Crippen molar-refractivity contribution in [1.82, 2.24) is 4.98 Å². The van der Waals surface area contributed by atoms with Crippen LogP contribution in [0.4, 0.5) is 4.39 Å². The molecule has 1 heterocycles. The minimum Gasteiger partial charge on any atom is -0.481 e. The van der Waals surface area contributed by atoms with Gasteiger partial charge in [-0.25, -0.2) is 9.37 Å². The van der Waals surface area contributed by atoms with E-state index in [1.54, 1.807) is 12.1 Å². The molecule has 0 bridgehead atoms. The first-order chi connectivity index (χ1) is 8.16. The lowest BCUT2D eigenvalue weighted by Crippen LogP contribution is -1.94. The first-order valence-electron chi connectivity index (χ1n) is 5.06. The molecule has 0 aliphatic rings. The number of fused-ring (bicyclic) bond motifs is 1. The van der Waals surface area contributed by atoms with Gasteiger partial charge in [0.1, 0.15) is 5.82 Å². The maximum Gasteiger partial charge on any atom is 0.303 e. The molecule has 1 aromatic carbocycles. The molecule has 0 aliphatic carbocycles. The summed E-state index contributed by atoms with van der Waals surface area (Å²) >= 11 is 2.79. The summed E-state index contributed by atoms with van der Waals surface area (Å²) in [6, 6.07) is 4.83. The van der Waals surface area contributed by atoms with Crippen LogP contribution in [0, 0.1) is 5.82 Å². The van der Waals surface area contributed by atoms with E-state index < -0.39 is 5.97 Å². The van der Waals surface area contributed by atoms with E-state index in [4.69, 9.17) is 5.11 Å². The van der Waals surface area contributed by atoms with Gasteiger partial charge >= 0.3 is 5.97 Å². The Morgan fingerprint density at radius 1 is 1.53 bits per heavy atom. The fraction of sp³-hybridized carbons (Fsp3) is 0.273. The van der Waals surface area contributed by atoms with Crippen molar-refractivity contribution in [1.29, 1.82) is 0 Å². The molecular weight excluding hydrogens is 261 g/mol. The van der Waals surface area contributed by atoms with Gasteiger partial charge < -0.3 is 5.11 Å². The maximum atomic E-state index is 13.4. The molecule has 0 spiro atoms. The highest BCUT2D eigenvalue weighted by molar-refractivity contribution is 8.01. The topological polar surface area (TPSA) is 50.2 Å². The molecule has 2 aromatic rings. The van der Waals surface area contributed by atoms with E-state index >= 15 is 0 Å². The lowest BCUT2D eigenvalue weighted by atomic mass is 10.3. The predicted molar refractivity (Wildman–Crippen MR) is 67.2 cm³/mol. The number of carbonyl (C=O) groups is 1. The molecule has 1 aromatic heterocycles. The van der Waals surface area contributed by atoms with Crippen molar-refractivity contribution in [3.8, 4) is 0 Å². The van der Waals surface area contributed by atoms with Crippen molar-refractivity contribution in [2.75, 3.05) is 5.75 Å². The van der Waals surface area contributed by atoms with Crippen LogP contribution in [-0.2, 0) is 4.79 Å². The Labute approximate surface area is 106 Å². The van der Waals surface area contributed by atoms with Crippen LogP contribution < -0.4 is 0 Å². The molecule has 0 radical (unpaired) electrons. The largest absolute Gasteiger partial charge is 0.481 e. The number of benzene rings is 1. The molecule has 0 aliphatic heterocycles. The summed E-state index contributed by atoms with van der Waals surface area (Å²) in [6.45, 7) is 0. The van der Waals surface area contributed by atoms with Gasteiger partial charge in [0.2, 0.25) is 0 Å². The average molecular weight is 271 g/mol. The van der Waals surface area contributed by atoms with Crippen molar-refractivity contribution < 1.29 is 14.3 Å². The average Bonchev–Trinajstić information content (AvgIpc) is 2.69. The van der Waals surface area contributed by atoms with E-state index in [-0.39, 0.29) is 12.2 Å². The molecule has 2 rings (SSSR count). The number of carboxylic acids is 1. The second-order valence-corrected chi connectivity index (χ2v) is 5.75. The van der Waals surface area contributed by atoms with Gasteiger partial charge in [0.25, 0.3) is 0 Å². The van der Waals surface area contributed by atoms with Crippen molar-refractivity contribution in [2.24, 2.45) is 0 Å². The Balaban J connectivity index is 2.00. The van der Waals surface area contributed by atoms with Crippen LogP contribution >= 0.6 is 23.1 Å². The summed E-state index contributed by atoms with van der Waals surface area (Å²) in [5.41, 5.74) is 0.663. The number of nitrogens with zero attached hydrogens (tertiary/aromatic N) is 1. The molecule has 0 saturated heterocycles. The molecule has 0 atom stereocenters. The van der Waals surface area contributed by atoms with Gasteiger partial charge in [-0.15, -0.1) is 11.3 Å². The second-order valence-electron chi connectivity index (χ2n) is 3.41. The molecular formula is C11H10FNO2S2. The summed E-state index contributed by atoms with van der Waals surface area (Å²) in [7, 11) is 0. The van der Waals surface area contributed by atoms with Gasteiger partial charge in [-0.1, -0.05) is 17.8 Å². The number of hydrogen-bond acceptors (Lipinski definition) is 4. The van der Waals surface area contributed by atoms with Crippen molar-refractivity contribution in [2.45, 2.75) is 17.2 Å². The first-order valence-corrected chi connectivity index (χ1v) is 6.86. The zero-order chi connectivity index (χ0) is 12.3. The molecule has 0 fully saturated rings. The van der Waals surface area contributed by atoms with Gasteiger partial charge in [0.05, 0.1) is 10.2 Å². The van der Waals surface area contributed by atoms with Crippen LogP contribution in [0.5, 0.6) is 0 Å². The van der Waals surface area contributed by atoms with Crippen molar-refractivity contribution in [3.05, 3.63) is 24.0 Å². The van der Waals surface area contributed by atoms with Crippen molar-refractivity contribution >= 4 is 39.3 Å². The zero-order valence-electron chi connectivity index (χ0n) is 8.85. The third kappa shape index (κ3) is 3.17. The SMILES string of the molecule is O=C(O)CCCSc1nc2cccc(F)c2s1. The van der Waals surface area contributed by atoms with E-state index in [2.05, 4.69) is 4.98 Å². The number of hydrogen-bond donors (Lipinski definition) is 1. The van der Waals surface area contributed by atoms with Gasteiger partial charge in [-0.2, -0.15) is 0 Å². The van der Waals surface area contributed by atoms with Gasteiger partial charge in [0, 0.05) is 12.2 Å². The van der Waals surface area contributed by atoms with E-state index in [0.717, 1.165) is 4.34 Å². The highest BCUT2D eigenvalue weighted by Gasteiger charge is 2.08. The number of thioether (sulfide) groups is 1. The second kappa shape index (κ2) is 5.46. The fourth-order valence-corrected chi connectivity index (χ4v) is 3.40. The normalized spacial score (nSPS) is 10.9. The summed E-state index contributed by atoms with van der Waals surface area (Å²) < 4.78 is 14.7. The Morgan fingerprint density at radius 2 is 2.35 bits per heavy atom. The third-order valence-electron chi connectivity index (χ3n) is 2.11. The van der Waals surface area contributed by atoms with E-state index in [0.29, 0.717) is 22.4 Å². The number of halogens is 1. The number of thiazole rings is 1. The summed E-state index contributed by atoms with van der Waals surface area (Å²) in [6.07, 6.45) is 0.755. The summed E-state index contributed by atoms with van der Waals surface area (Å²) in [4.78, 5) is 14.6. The lowest BCUT2D eigenvalue weighted by Gasteiger charge is -1.94. The van der Waals surface area contributed by atoms with Crippen LogP contribution in [0.15, 0.2) is 22.5 Å². The number of rotatable bonds is 5. The van der Waals surface area contributed by atoms with Crippen LogP contribution in [0.25, 0.3) is 10.2 Å². The Bertz CT molecular complexity index is 541. The van der Waals surface area contributed by atoms with Crippen LogP contribution in [0.2, 0.25) is 0 Å². The maximum absolute atomic E-state index is 13.4. The molecule has 90 valence electrons. The molecule has 3 nitrogen and oxygen atoms in total. The van der Waals surface area contributed by atoms with Gasteiger partial charge in [-0.3, -0.25) is 4.79 Å². The third-order valence-corrected chi connectivity index (χ3v) is 4.42. The standard InChI is InChI=1S/C11H10FNO2S2/c12-7-3-1-4-8-10(7)17-11(13-8)16-6-2-5-9(14)15/h1,3-4H,2,5-6H2,(H,14,15). The quantitative estimate of drug-likeness (QED) is 0.669. The monoisotopic (exact) mass is 271 g/mol. The highest BCUT2D eigenvalue weighted by atomic mass is 32.2. The lowest BCUT2D eigenvalue weighted by molar-refractivity contribution is -0.137. The van der Waals surface area contributed by atoms with Crippen LogP contribution in [0.1, 0.15) is 12.8 Å². The van der Waals surface area contributed by atoms with E-state index in [1.165, 1.54) is 29.2 Å². The molecule has 0 amide bonds.